The maximum absolute atomic E-state index is 15.3. The molecular formula is C30H40FN5O6. The van der Waals surface area contributed by atoms with Crippen LogP contribution in [-0.2, 0) is 19.2 Å². The number of nitrogens with one attached hydrogen (secondary N) is 3. The van der Waals surface area contributed by atoms with Crippen LogP contribution in [0, 0.1) is 17.2 Å². The van der Waals surface area contributed by atoms with Crippen LogP contribution in [0.4, 0.5) is 4.39 Å². The second kappa shape index (κ2) is 13.4. The highest BCUT2D eigenvalue weighted by molar-refractivity contribution is 5.94. The molecule has 4 atom stereocenters. The van der Waals surface area contributed by atoms with E-state index in [1.54, 1.807) is 58.9 Å². The van der Waals surface area contributed by atoms with Gasteiger partial charge in [-0.3, -0.25) is 24.2 Å². The van der Waals surface area contributed by atoms with E-state index in [4.69, 9.17) is 0 Å². The molecule has 5 N–H and O–H groups in total. The quantitative estimate of drug-likeness (QED) is 0.284. The van der Waals surface area contributed by atoms with Gasteiger partial charge in [-0.25, -0.2) is 14.8 Å². The summed E-state index contributed by atoms with van der Waals surface area (Å²) in [4.78, 5) is 54.8. The van der Waals surface area contributed by atoms with Crippen LogP contribution in [0.25, 0.3) is 17.0 Å². The minimum Gasteiger partial charge on any atom is -0.480 e. The van der Waals surface area contributed by atoms with Crippen molar-refractivity contribution < 1.29 is 33.8 Å². The number of carboxylic acid groups (broad SMARTS) is 1. The van der Waals surface area contributed by atoms with Gasteiger partial charge >= 0.3 is 5.97 Å². The summed E-state index contributed by atoms with van der Waals surface area (Å²) in [6.07, 6.45) is 3.06. The molecular weight excluding hydrogens is 545 g/mol. The Morgan fingerprint density at radius 2 is 1.79 bits per heavy atom. The van der Waals surface area contributed by atoms with Crippen LogP contribution in [0.5, 0.6) is 0 Å². The van der Waals surface area contributed by atoms with Crippen LogP contribution in [0.15, 0.2) is 30.3 Å². The minimum atomic E-state index is -1.14. The van der Waals surface area contributed by atoms with Gasteiger partial charge in [0.15, 0.2) is 5.82 Å². The fraction of sp³-hybridized carbons (Fsp3) is 0.500. The number of pyridine rings is 1. The molecule has 1 aromatic carbocycles. The number of hydrogen-bond donors (Lipinski definition) is 5. The van der Waals surface area contributed by atoms with E-state index >= 15 is 4.39 Å². The lowest BCUT2D eigenvalue weighted by atomic mass is 9.89. The number of aliphatic carboxylic acids is 1. The minimum absolute atomic E-state index is 0.108. The Morgan fingerprint density at radius 1 is 1.12 bits per heavy atom. The van der Waals surface area contributed by atoms with Crippen molar-refractivity contribution in [2.24, 2.45) is 11.3 Å². The Balaban J connectivity index is 1.69. The molecule has 0 bridgehead atoms. The molecule has 1 fully saturated rings. The molecule has 11 nitrogen and oxygen atoms in total. The highest BCUT2D eigenvalue weighted by Gasteiger charge is 2.34. The van der Waals surface area contributed by atoms with Gasteiger partial charge in [-0.2, -0.15) is 0 Å². The van der Waals surface area contributed by atoms with Gasteiger partial charge in [0, 0.05) is 17.5 Å². The molecule has 3 rings (SSSR count). The normalized spacial score (nSPS) is 18.1. The summed E-state index contributed by atoms with van der Waals surface area (Å²) in [5.41, 5.74) is 2.19. The molecule has 2 aromatic rings. The van der Waals surface area contributed by atoms with Crippen LogP contribution in [0.2, 0.25) is 0 Å². The zero-order valence-corrected chi connectivity index (χ0v) is 24.8. The van der Waals surface area contributed by atoms with Gasteiger partial charge in [0.1, 0.15) is 23.6 Å². The monoisotopic (exact) mass is 585 g/mol. The maximum Gasteiger partial charge on any atom is 0.322 e. The van der Waals surface area contributed by atoms with E-state index in [1.165, 1.54) is 24.1 Å². The molecule has 228 valence electrons. The number of nitrogens with zero attached hydrogens (tertiary/aromatic N) is 2. The number of halogens is 1. The standard InChI is InChI=1S/C30H40FN5O6/c1-16(2)24(26(38)32-17(3)27(39)36-15-7-8-22(35-36)28(40)41)34-29(42)30(5,6)14-13-19-9-10-20-11-12-21(18(4)37)33-25(20)23(19)31/h9-14,16-18,22,24,35,37H,7-8,15H2,1-6H3,(H,32,38)(H,34,42)(H,40,41)/t17-,18+,22-,24-/m0/s1. The van der Waals surface area contributed by atoms with Crippen molar-refractivity contribution in [1.82, 2.24) is 26.1 Å². The third-order valence-electron chi connectivity index (χ3n) is 7.26. The number of carbonyl (C=O) groups excluding carboxylic acids is 3. The van der Waals surface area contributed by atoms with Crippen molar-refractivity contribution >= 4 is 40.7 Å². The third-order valence-corrected chi connectivity index (χ3v) is 7.26. The topological polar surface area (TPSA) is 161 Å². The van der Waals surface area contributed by atoms with E-state index in [9.17, 15) is 29.4 Å². The largest absolute Gasteiger partial charge is 0.480 e. The molecule has 2 heterocycles. The molecule has 42 heavy (non-hydrogen) atoms. The first kappa shape index (κ1) is 32.6. The average Bonchev–Trinajstić information content (AvgIpc) is 2.94. The average molecular weight is 586 g/mol. The highest BCUT2D eigenvalue weighted by Crippen LogP contribution is 2.25. The van der Waals surface area contributed by atoms with Crippen LogP contribution in [0.3, 0.4) is 0 Å². The number of aliphatic hydroxyl groups excluding tert-OH is 1. The lowest BCUT2D eigenvalue weighted by molar-refractivity contribution is -0.148. The predicted molar refractivity (Wildman–Crippen MR) is 155 cm³/mol. The number of carboxylic acids is 1. The fourth-order valence-electron chi connectivity index (χ4n) is 4.50. The molecule has 1 aliphatic heterocycles. The van der Waals surface area contributed by atoms with Gasteiger partial charge in [0.05, 0.1) is 17.2 Å². The van der Waals surface area contributed by atoms with Gasteiger partial charge < -0.3 is 20.8 Å². The molecule has 0 unspecified atom stereocenters. The number of aliphatic hydroxyl groups is 1. The molecule has 1 saturated heterocycles. The van der Waals surface area contributed by atoms with Crippen molar-refractivity contribution in [2.75, 3.05) is 6.54 Å². The van der Waals surface area contributed by atoms with Crippen LogP contribution in [-0.4, -0.2) is 68.6 Å². The van der Waals surface area contributed by atoms with Crippen molar-refractivity contribution in [3.8, 4) is 0 Å². The highest BCUT2D eigenvalue weighted by atomic mass is 19.1. The van der Waals surface area contributed by atoms with E-state index in [2.05, 4.69) is 21.0 Å². The van der Waals surface area contributed by atoms with Gasteiger partial charge in [-0.1, -0.05) is 44.2 Å². The Kier molecular flexibility index (Phi) is 10.4. The SMILES string of the molecule is CC(C)[C@H](NC(=O)C(C)(C)C=Cc1ccc2ccc([C@@H](C)O)nc2c1F)C(=O)N[C@@H](C)C(=O)N1CCC[C@@H](C(=O)O)N1. The summed E-state index contributed by atoms with van der Waals surface area (Å²) < 4.78 is 15.3. The number of rotatable bonds is 10. The fourth-order valence-corrected chi connectivity index (χ4v) is 4.50. The van der Waals surface area contributed by atoms with E-state index in [0.717, 1.165) is 0 Å². The van der Waals surface area contributed by atoms with Crippen LogP contribution < -0.4 is 16.1 Å². The Morgan fingerprint density at radius 3 is 2.40 bits per heavy atom. The number of hydrogen-bond acceptors (Lipinski definition) is 7. The molecule has 3 amide bonds. The second-order valence-corrected chi connectivity index (χ2v) is 11.6. The molecule has 1 aromatic heterocycles. The zero-order valence-electron chi connectivity index (χ0n) is 24.8. The number of aromatic nitrogens is 1. The molecule has 0 aliphatic carbocycles. The van der Waals surface area contributed by atoms with E-state index < -0.39 is 59.2 Å². The van der Waals surface area contributed by atoms with Crippen LogP contribution >= 0.6 is 0 Å². The van der Waals surface area contributed by atoms with Crippen molar-refractivity contribution in [2.45, 2.75) is 78.6 Å². The summed E-state index contributed by atoms with van der Waals surface area (Å²) in [6, 6.07) is 3.76. The number of hydrazine groups is 1. The van der Waals surface area contributed by atoms with Gasteiger partial charge in [0.2, 0.25) is 11.8 Å². The van der Waals surface area contributed by atoms with Crippen LogP contribution in [0.1, 0.15) is 71.7 Å². The zero-order chi connectivity index (χ0) is 31.4. The predicted octanol–water partition coefficient (Wildman–Crippen LogP) is 2.69. The van der Waals surface area contributed by atoms with Crippen molar-refractivity contribution in [1.29, 1.82) is 0 Å². The van der Waals surface area contributed by atoms with E-state index in [-0.39, 0.29) is 17.0 Å². The summed E-state index contributed by atoms with van der Waals surface area (Å²) >= 11 is 0. The van der Waals surface area contributed by atoms with E-state index in [1.807, 2.05) is 0 Å². The van der Waals surface area contributed by atoms with Gasteiger partial charge in [0.25, 0.3) is 5.91 Å². The summed E-state index contributed by atoms with van der Waals surface area (Å²) in [5, 5.41) is 26.2. The molecule has 0 spiro atoms. The Bertz CT molecular complexity index is 1380. The first-order valence-electron chi connectivity index (χ1n) is 14.0. The number of benzene rings is 1. The molecule has 12 heteroatoms. The number of carbonyl (C=O) groups is 4. The lowest BCUT2D eigenvalue weighted by Crippen LogP contribution is -2.61. The summed E-state index contributed by atoms with van der Waals surface area (Å²) in [7, 11) is 0. The molecule has 0 radical (unpaired) electrons. The number of amides is 3. The lowest BCUT2D eigenvalue weighted by Gasteiger charge is -2.34. The first-order chi connectivity index (χ1) is 19.6. The smallest absolute Gasteiger partial charge is 0.322 e. The third kappa shape index (κ3) is 7.68. The van der Waals surface area contributed by atoms with Gasteiger partial charge in [-0.15, -0.1) is 0 Å². The first-order valence-corrected chi connectivity index (χ1v) is 14.0. The van der Waals surface area contributed by atoms with Crippen molar-refractivity contribution in [3.63, 3.8) is 0 Å². The summed E-state index contributed by atoms with van der Waals surface area (Å²) in [6.45, 7) is 10.1. The maximum atomic E-state index is 15.3. The summed E-state index contributed by atoms with van der Waals surface area (Å²) in [5.74, 6) is -3.51. The molecule has 1 aliphatic rings. The van der Waals surface area contributed by atoms with E-state index in [0.29, 0.717) is 30.5 Å². The Hall–Kier alpha value is -3.90. The second-order valence-electron chi connectivity index (χ2n) is 11.6. The molecule has 0 saturated carbocycles. The van der Waals surface area contributed by atoms with Crippen molar-refractivity contribution in [3.05, 3.63) is 47.4 Å². The Labute approximate surface area is 244 Å². The van der Waals surface area contributed by atoms with Gasteiger partial charge in [-0.05, 0) is 52.5 Å². The number of fused-ring (bicyclic) bond motifs is 1.